The Labute approximate surface area is 156 Å². The summed E-state index contributed by atoms with van der Waals surface area (Å²) < 4.78 is 11.0. The van der Waals surface area contributed by atoms with E-state index in [2.05, 4.69) is 34.7 Å². The van der Waals surface area contributed by atoms with Crippen molar-refractivity contribution in [1.82, 2.24) is 10.6 Å². The first-order valence-corrected chi connectivity index (χ1v) is 8.00. The standard InChI is InChI=1S/C17H27N3O2.HI/c1-4-18-17(20-12-15-6-5-9-22-15)19-11-14-8-7-13(2)16(10-14)21-3;/h7-8,10,15H,4-6,9,11-12H2,1-3H3,(H2,18,19,20);1H. The molecule has 0 spiro atoms. The number of guanidine groups is 1. The minimum absolute atomic E-state index is 0. The summed E-state index contributed by atoms with van der Waals surface area (Å²) in [5, 5.41) is 6.62. The van der Waals surface area contributed by atoms with Crippen LogP contribution in [0.3, 0.4) is 0 Å². The van der Waals surface area contributed by atoms with Gasteiger partial charge in [-0.25, -0.2) is 4.99 Å². The fourth-order valence-corrected chi connectivity index (χ4v) is 2.49. The molecule has 1 fully saturated rings. The number of aliphatic imine (C=N–C) groups is 1. The van der Waals surface area contributed by atoms with E-state index in [-0.39, 0.29) is 24.0 Å². The van der Waals surface area contributed by atoms with Crippen molar-refractivity contribution in [2.24, 2.45) is 4.99 Å². The molecule has 1 saturated heterocycles. The van der Waals surface area contributed by atoms with Crippen LogP contribution in [0.4, 0.5) is 0 Å². The van der Waals surface area contributed by atoms with E-state index in [0.29, 0.717) is 12.6 Å². The minimum atomic E-state index is 0. The van der Waals surface area contributed by atoms with Crippen molar-refractivity contribution in [3.05, 3.63) is 29.3 Å². The lowest BCUT2D eigenvalue weighted by atomic mass is 10.1. The number of rotatable bonds is 6. The largest absolute Gasteiger partial charge is 0.496 e. The molecule has 1 atom stereocenters. The summed E-state index contributed by atoms with van der Waals surface area (Å²) in [6.07, 6.45) is 2.59. The second-order valence-electron chi connectivity index (χ2n) is 5.52. The highest BCUT2D eigenvalue weighted by molar-refractivity contribution is 14.0. The number of halogens is 1. The number of hydrogen-bond donors (Lipinski definition) is 2. The van der Waals surface area contributed by atoms with E-state index in [1.165, 1.54) is 0 Å². The summed E-state index contributed by atoms with van der Waals surface area (Å²) in [5.74, 6) is 1.74. The van der Waals surface area contributed by atoms with Crippen LogP contribution in [0, 0.1) is 6.92 Å². The molecule has 6 heteroatoms. The zero-order valence-electron chi connectivity index (χ0n) is 14.2. The first-order valence-electron chi connectivity index (χ1n) is 8.00. The molecular weight excluding hydrogens is 405 g/mol. The molecule has 23 heavy (non-hydrogen) atoms. The topological polar surface area (TPSA) is 54.9 Å². The SMILES string of the molecule is CCNC(=NCc1ccc(C)c(OC)c1)NCC1CCCO1.I. The van der Waals surface area contributed by atoms with Crippen LogP contribution in [0.1, 0.15) is 30.9 Å². The van der Waals surface area contributed by atoms with Crippen LogP contribution in [-0.2, 0) is 11.3 Å². The van der Waals surface area contributed by atoms with Crippen molar-refractivity contribution >= 4 is 29.9 Å². The predicted octanol–water partition coefficient (Wildman–Crippen LogP) is 2.86. The van der Waals surface area contributed by atoms with Crippen molar-refractivity contribution in [2.45, 2.75) is 39.3 Å². The van der Waals surface area contributed by atoms with Crippen LogP contribution in [0.15, 0.2) is 23.2 Å². The van der Waals surface area contributed by atoms with Crippen LogP contribution in [0.2, 0.25) is 0 Å². The van der Waals surface area contributed by atoms with Gasteiger partial charge in [0.2, 0.25) is 0 Å². The van der Waals surface area contributed by atoms with Crippen molar-refractivity contribution in [2.75, 3.05) is 26.8 Å². The Morgan fingerprint density at radius 3 is 2.87 bits per heavy atom. The number of hydrogen-bond acceptors (Lipinski definition) is 3. The summed E-state index contributed by atoms with van der Waals surface area (Å²) in [7, 11) is 1.70. The molecule has 1 aromatic carbocycles. The van der Waals surface area contributed by atoms with Gasteiger partial charge < -0.3 is 20.1 Å². The van der Waals surface area contributed by atoms with Gasteiger partial charge in [0.05, 0.1) is 19.8 Å². The Kier molecular flexibility index (Phi) is 9.31. The Hall–Kier alpha value is -1.02. The predicted molar refractivity (Wildman–Crippen MR) is 105 cm³/mol. The number of nitrogens with zero attached hydrogens (tertiary/aromatic N) is 1. The van der Waals surface area contributed by atoms with Gasteiger partial charge in [0.15, 0.2) is 5.96 Å². The molecule has 0 saturated carbocycles. The molecule has 0 bridgehead atoms. The molecule has 0 aromatic heterocycles. The maximum atomic E-state index is 5.63. The maximum Gasteiger partial charge on any atom is 0.191 e. The van der Waals surface area contributed by atoms with Gasteiger partial charge in [0, 0.05) is 19.7 Å². The highest BCUT2D eigenvalue weighted by Crippen LogP contribution is 2.19. The van der Waals surface area contributed by atoms with Gasteiger partial charge in [-0.2, -0.15) is 0 Å². The molecule has 0 radical (unpaired) electrons. The first kappa shape index (κ1) is 20.0. The van der Waals surface area contributed by atoms with Crippen LogP contribution in [-0.4, -0.2) is 38.9 Å². The average molecular weight is 433 g/mol. The highest BCUT2D eigenvalue weighted by atomic mass is 127. The van der Waals surface area contributed by atoms with Gasteiger partial charge in [-0.1, -0.05) is 12.1 Å². The molecule has 1 heterocycles. The third kappa shape index (κ3) is 6.55. The minimum Gasteiger partial charge on any atom is -0.496 e. The third-order valence-electron chi connectivity index (χ3n) is 3.76. The zero-order chi connectivity index (χ0) is 15.8. The molecule has 1 aromatic rings. The van der Waals surface area contributed by atoms with Crippen molar-refractivity contribution in [3.63, 3.8) is 0 Å². The van der Waals surface area contributed by atoms with Gasteiger partial charge >= 0.3 is 0 Å². The molecule has 1 aliphatic heterocycles. The van der Waals surface area contributed by atoms with Crippen LogP contribution in [0.25, 0.3) is 0 Å². The van der Waals surface area contributed by atoms with E-state index in [9.17, 15) is 0 Å². The summed E-state index contributed by atoms with van der Waals surface area (Å²) >= 11 is 0. The maximum absolute atomic E-state index is 5.63. The van der Waals surface area contributed by atoms with Crippen molar-refractivity contribution < 1.29 is 9.47 Å². The van der Waals surface area contributed by atoms with Gasteiger partial charge in [0.1, 0.15) is 5.75 Å². The van der Waals surface area contributed by atoms with E-state index in [1.807, 2.05) is 13.0 Å². The molecule has 5 nitrogen and oxygen atoms in total. The van der Waals surface area contributed by atoms with Crippen molar-refractivity contribution in [1.29, 1.82) is 0 Å². The Balaban J connectivity index is 0.00000264. The lowest BCUT2D eigenvalue weighted by molar-refractivity contribution is 0.114. The molecule has 0 amide bonds. The quantitative estimate of drug-likeness (QED) is 0.412. The summed E-state index contributed by atoms with van der Waals surface area (Å²) in [6, 6.07) is 6.20. The fraction of sp³-hybridized carbons (Fsp3) is 0.588. The molecule has 2 N–H and O–H groups in total. The summed E-state index contributed by atoms with van der Waals surface area (Å²) in [5.41, 5.74) is 2.27. The van der Waals surface area contributed by atoms with Gasteiger partial charge in [-0.3, -0.25) is 0 Å². The second kappa shape index (κ2) is 10.7. The Bertz CT molecular complexity index is 503. The summed E-state index contributed by atoms with van der Waals surface area (Å²) in [4.78, 5) is 4.63. The number of nitrogens with one attached hydrogen (secondary N) is 2. The van der Waals surface area contributed by atoms with Crippen LogP contribution >= 0.6 is 24.0 Å². The molecule has 1 unspecified atom stereocenters. The van der Waals surface area contributed by atoms with Crippen molar-refractivity contribution in [3.8, 4) is 5.75 Å². The monoisotopic (exact) mass is 433 g/mol. The summed E-state index contributed by atoms with van der Waals surface area (Å²) in [6.45, 7) is 7.26. The van der Waals surface area contributed by atoms with E-state index in [1.54, 1.807) is 7.11 Å². The fourth-order valence-electron chi connectivity index (χ4n) is 2.49. The number of benzene rings is 1. The molecule has 2 rings (SSSR count). The Morgan fingerprint density at radius 1 is 1.39 bits per heavy atom. The van der Waals surface area contributed by atoms with E-state index < -0.39 is 0 Å². The van der Waals surface area contributed by atoms with E-state index in [4.69, 9.17) is 9.47 Å². The molecule has 0 aliphatic carbocycles. The molecular formula is C17H28IN3O2. The lowest BCUT2D eigenvalue weighted by Crippen LogP contribution is -2.41. The normalized spacial score (nSPS) is 17.5. The smallest absolute Gasteiger partial charge is 0.191 e. The number of ether oxygens (including phenoxy) is 2. The van der Waals surface area contributed by atoms with Gasteiger partial charge in [-0.05, 0) is 43.9 Å². The number of aryl methyl sites for hydroxylation is 1. The molecule has 1 aliphatic rings. The lowest BCUT2D eigenvalue weighted by Gasteiger charge is -2.15. The number of methoxy groups -OCH3 is 1. The third-order valence-corrected chi connectivity index (χ3v) is 3.76. The van der Waals surface area contributed by atoms with Crippen LogP contribution in [0.5, 0.6) is 5.75 Å². The van der Waals surface area contributed by atoms with Gasteiger partial charge in [0.25, 0.3) is 0 Å². The zero-order valence-corrected chi connectivity index (χ0v) is 16.6. The van der Waals surface area contributed by atoms with Gasteiger partial charge in [-0.15, -0.1) is 24.0 Å². The van der Waals surface area contributed by atoms with E-state index in [0.717, 1.165) is 55.4 Å². The van der Waals surface area contributed by atoms with E-state index >= 15 is 0 Å². The average Bonchev–Trinajstić information content (AvgIpc) is 3.04. The molecule has 130 valence electrons. The Morgan fingerprint density at radius 2 is 2.22 bits per heavy atom. The first-order chi connectivity index (χ1) is 10.7. The second-order valence-corrected chi connectivity index (χ2v) is 5.52. The highest BCUT2D eigenvalue weighted by Gasteiger charge is 2.15. The van der Waals surface area contributed by atoms with Crippen LogP contribution < -0.4 is 15.4 Å².